The molecule has 0 bridgehead atoms. The first-order valence-electron chi connectivity index (χ1n) is 5.71. The number of carbonyl (C=O) groups is 1. The molecule has 0 fully saturated rings. The minimum atomic E-state index is 0.0237. The minimum Gasteiger partial charge on any atom is -0.323 e. The molecule has 1 aromatic carbocycles. The maximum absolute atomic E-state index is 12.0. The van der Waals surface area contributed by atoms with E-state index in [1.165, 1.54) is 3.57 Å². The first-order chi connectivity index (χ1) is 8.93. The van der Waals surface area contributed by atoms with Gasteiger partial charge in [0.1, 0.15) is 0 Å². The highest BCUT2D eigenvalue weighted by molar-refractivity contribution is 14.1. The molecule has 4 nitrogen and oxygen atoms in total. The van der Waals surface area contributed by atoms with Crippen LogP contribution in [0.2, 0.25) is 0 Å². The van der Waals surface area contributed by atoms with Crippen LogP contribution >= 0.6 is 67.8 Å². The number of hydrogen-bond donors (Lipinski definition) is 2. The van der Waals surface area contributed by atoms with Gasteiger partial charge < -0.3 is 10.6 Å². The Kier molecular flexibility index (Phi) is 8.41. The van der Waals surface area contributed by atoms with E-state index in [1.807, 2.05) is 19.0 Å². The molecular weight excluding hydrogens is 583 g/mol. The number of hydrogen-bond acceptors (Lipinski definition) is 3. The maximum Gasteiger partial charge on any atom is 0.238 e. The third kappa shape index (κ3) is 6.40. The Hall–Kier alpha value is 0.800. The van der Waals surface area contributed by atoms with Gasteiger partial charge in [-0.05, 0) is 94.0 Å². The summed E-state index contributed by atoms with van der Waals surface area (Å²) in [6.07, 6.45) is 0. The van der Waals surface area contributed by atoms with Crippen LogP contribution in [0.4, 0.5) is 5.69 Å². The molecule has 0 spiro atoms. The van der Waals surface area contributed by atoms with Crippen LogP contribution in [0.25, 0.3) is 0 Å². The van der Waals surface area contributed by atoms with Crippen molar-refractivity contribution in [2.24, 2.45) is 0 Å². The molecule has 0 aliphatic carbocycles. The van der Waals surface area contributed by atoms with Crippen molar-refractivity contribution in [1.29, 1.82) is 0 Å². The van der Waals surface area contributed by atoms with E-state index in [9.17, 15) is 4.79 Å². The van der Waals surface area contributed by atoms with E-state index in [4.69, 9.17) is 0 Å². The van der Waals surface area contributed by atoms with Crippen molar-refractivity contribution in [1.82, 2.24) is 10.2 Å². The van der Waals surface area contributed by atoms with Crippen LogP contribution in [0.15, 0.2) is 12.1 Å². The lowest BCUT2D eigenvalue weighted by molar-refractivity contribution is -0.117. The second kappa shape index (κ2) is 8.95. The fourth-order valence-electron chi connectivity index (χ4n) is 1.47. The third-order valence-corrected chi connectivity index (χ3v) is 4.75. The van der Waals surface area contributed by atoms with E-state index in [-0.39, 0.29) is 5.91 Å². The van der Waals surface area contributed by atoms with E-state index in [1.54, 1.807) is 0 Å². The fourth-order valence-corrected chi connectivity index (χ4v) is 5.32. The quantitative estimate of drug-likeness (QED) is 0.495. The molecule has 2 N–H and O–H groups in total. The van der Waals surface area contributed by atoms with Gasteiger partial charge in [0.05, 0.1) is 12.2 Å². The number of anilines is 1. The Morgan fingerprint density at radius 3 is 2.37 bits per heavy atom. The molecule has 1 aromatic rings. The first kappa shape index (κ1) is 17.9. The topological polar surface area (TPSA) is 44.4 Å². The smallest absolute Gasteiger partial charge is 0.238 e. The molecule has 1 rings (SSSR count). The fraction of sp³-hybridized carbons (Fsp3) is 0.417. The Morgan fingerprint density at radius 2 is 1.84 bits per heavy atom. The van der Waals surface area contributed by atoms with Gasteiger partial charge in [-0.3, -0.25) is 9.69 Å². The molecule has 7 heteroatoms. The number of amides is 1. The Balaban J connectivity index is 2.62. The van der Waals surface area contributed by atoms with Crippen molar-refractivity contribution in [3.8, 4) is 0 Å². The average molecular weight is 599 g/mol. The van der Waals surface area contributed by atoms with E-state index in [0.29, 0.717) is 6.54 Å². The second-order valence-electron chi connectivity index (χ2n) is 4.13. The van der Waals surface area contributed by atoms with Crippen molar-refractivity contribution in [3.63, 3.8) is 0 Å². The summed E-state index contributed by atoms with van der Waals surface area (Å²) >= 11 is 6.79. The van der Waals surface area contributed by atoms with Gasteiger partial charge in [-0.1, -0.05) is 0 Å². The average Bonchev–Trinajstić information content (AvgIpc) is 2.31. The van der Waals surface area contributed by atoms with Gasteiger partial charge in [-0.25, -0.2) is 0 Å². The monoisotopic (exact) mass is 599 g/mol. The van der Waals surface area contributed by atoms with Crippen molar-refractivity contribution in [2.75, 3.05) is 39.0 Å². The van der Waals surface area contributed by atoms with Gasteiger partial charge in [0.2, 0.25) is 5.91 Å². The van der Waals surface area contributed by atoms with E-state index in [2.05, 4.69) is 90.5 Å². The summed E-state index contributed by atoms with van der Waals surface area (Å²) in [7, 11) is 3.85. The van der Waals surface area contributed by atoms with Gasteiger partial charge in [-0.2, -0.15) is 0 Å². The van der Waals surface area contributed by atoms with Crippen LogP contribution in [0.3, 0.4) is 0 Å². The largest absolute Gasteiger partial charge is 0.323 e. The zero-order valence-electron chi connectivity index (χ0n) is 10.8. The van der Waals surface area contributed by atoms with Gasteiger partial charge in [0, 0.05) is 23.8 Å². The molecule has 0 radical (unpaired) electrons. The molecule has 0 saturated carbocycles. The van der Waals surface area contributed by atoms with Crippen molar-refractivity contribution < 1.29 is 4.79 Å². The summed E-state index contributed by atoms with van der Waals surface area (Å²) < 4.78 is 3.32. The van der Waals surface area contributed by atoms with Crippen LogP contribution in [0.5, 0.6) is 0 Å². The van der Waals surface area contributed by atoms with Crippen molar-refractivity contribution >= 4 is 79.4 Å². The van der Waals surface area contributed by atoms with Crippen LogP contribution in [-0.2, 0) is 4.79 Å². The number of halogens is 3. The van der Waals surface area contributed by atoms with Gasteiger partial charge in [0.15, 0.2) is 0 Å². The Bertz CT molecular complexity index is 431. The molecule has 0 heterocycles. The summed E-state index contributed by atoms with van der Waals surface area (Å²) in [5, 5.41) is 6.06. The number of rotatable bonds is 6. The van der Waals surface area contributed by atoms with Gasteiger partial charge in [-0.15, -0.1) is 0 Å². The molecule has 0 saturated heterocycles. The summed E-state index contributed by atoms with van der Waals surface area (Å²) in [5.74, 6) is 0.0237. The Labute approximate surface area is 154 Å². The lowest BCUT2D eigenvalue weighted by Gasteiger charge is -2.17. The van der Waals surface area contributed by atoms with Gasteiger partial charge >= 0.3 is 0 Å². The highest BCUT2D eigenvalue weighted by Crippen LogP contribution is 2.27. The van der Waals surface area contributed by atoms with E-state index >= 15 is 0 Å². The number of benzene rings is 1. The summed E-state index contributed by atoms with van der Waals surface area (Å²) in [4.78, 5) is 14.0. The molecule has 0 aliphatic rings. The van der Waals surface area contributed by atoms with Gasteiger partial charge in [0.25, 0.3) is 0 Å². The Morgan fingerprint density at radius 1 is 1.26 bits per heavy atom. The van der Waals surface area contributed by atoms with Crippen molar-refractivity contribution in [2.45, 2.75) is 0 Å². The van der Waals surface area contributed by atoms with E-state index < -0.39 is 0 Å². The molecule has 19 heavy (non-hydrogen) atoms. The predicted molar refractivity (Wildman–Crippen MR) is 105 cm³/mol. The zero-order chi connectivity index (χ0) is 14.4. The molecule has 0 unspecified atom stereocenters. The van der Waals surface area contributed by atoms with E-state index in [0.717, 1.165) is 25.9 Å². The lowest BCUT2D eigenvalue weighted by atomic mass is 10.3. The number of carbonyl (C=O) groups excluding carboxylic acids is 1. The summed E-state index contributed by atoms with van der Waals surface area (Å²) in [5.41, 5.74) is 0.911. The van der Waals surface area contributed by atoms with Crippen LogP contribution in [0, 0.1) is 10.7 Å². The molecule has 0 atom stereocenters. The highest BCUT2D eigenvalue weighted by Gasteiger charge is 2.11. The predicted octanol–water partition coefficient (Wildman–Crippen LogP) is 2.59. The molecule has 106 valence electrons. The highest BCUT2D eigenvalue weighted by atomic mass is 127. The van der Waals surface area contributed by atoms with Crippen LogP contribution in [-0.4, -0.2) is 44.5 Å². The molecular formula is C12H16I3N3O. The zero-order valence-corrected chi connectivity index (χ0v) is 17.2. The molecule has 0 aromatic heterocycles. The van der Waals surface area contributed by atoms with Crippen LogP contribution in [0.1, 0.15) is 0 Å². The second-order valence-corrected chi connectivity index (χ2v) is 7.70. The number of nitrogens with one attached hydrogen (secondary N) is 2. The third-order valence-electron chi connectivity index (χ3n) is 2.43. The van der Waals surface area contributed by atoms with Crippen molar-refractivity contribution in [3.05, 3.63) is 22.8 Å². The minimum absolute atomic E-state index is 0.0237. The maximum atomic E-state index is 12.0. The SMILES string of the molecule is CNCCN(C)CC(=O)Nc1c(I)cc(I)cc1I. The molecule has 1 amide bonds. The summed E-state index contributed by atoms with van der Waals surface area (Å²) in [6.45, 7) is 2.13. The summed E-state index contributed by atoms with van der Waals surface area (Å²) in [6, 6.07) is 4.12. The lowest BCUT2D eigenvalue weighted by Crippen LogP contribution is -2.34. The first-order valence-corrected chi connectivity index (χ1v) is 8.95. The molecule has 0 aliphatic heterocycles. The van der Waals surface area contributed by atoms with Crippen LogP contribution < -0.4 is 10.6 Å². The normalized spacial score (nSPS) is 10.8. The number of likely N-dealkylation sites (N-methyl/N-ethyl adjacent to an activating group) is 2. The number of nitrogens with zero attached hydrogens (tertiary/aromatic N) is 1. The standard InChI is InChI=1S/C12H16I3N3O/c1-16-3-4-18(2)7-11(19)17-12-9(14)5-8(13)6-10(12)15/h5-6,16H,3-4,7H2,1-2H3,(H,17,19).